The molecule has 0 atom stereocenters. The Balaban J connectivity index is 4.30. The predicted octanol–water partition coefficient (Wildman–Crippen LogP) is -0.602. The quantitative estimate of drug-likeness (QED) is 0.622. The summed E-state index contributed by atoms with van der Waals surface area (Å²) in [6.07, 6.45) is -0.575. The molecular weight excluding hydrogens is 200 g/mol. The van der Waals surface area contributed by atoms with Gasteiger partial charge in [0.2, 0.25) is 11.8 Å². The second-order valence-electron chi connectivity index (χ2n) is 3.27. The summed E-state index contributed by atoms with van der Waals surface area (Å²) < 4.78 is 0. The van der Waals surface area contributed by atoms with E-state index in [2.05, 4.69) is 0 Å². The minimum Gasteiger partial charge on any atom is -0.481 e. The molecular formula is C9H16N2O4. The monoisotopic (exact) mass is 216 g/mol. The zero-order valence-electron chi connectivity index (χ0n) is 9.19. The summed E-state index contributed by atoms with van der Waals surface area (Å²) in [6.45, 7) is 1.95. The highest BCUT2D eigenvalue weighted by Gasteiger charge is 2.18. The van der Waals surface area contributed by atoms with Crippen LogP contribution in [-0.2, 0) is 14.4 Å². The second-order valence-corrected chi connectivity index (χ2v) is 3.27. The van der Waals surface area contributed by atoms with E-state index >= 15 is 0 Å². The fourth-order valence-corrected chi connectivity index (χ4v) is 0.922. The van der Waals surface area contributed by atoms with Crippen LogP contribution >= 0.6 is 0 Å². The first-order valence-corrected chi connectivity index (χ1v) is 4.58. The van der Waals surface area contributed by atoms with E-state index in [9.17, 15) is 14.4 Å². The molecule has 0 spiro atoms. The van der Waals surface area contributed by atoms with E-state index in [-0.39, 0.29) is 12.5 Å². The standard InChI is InChI=1S/C9H16N2O4/c1-4-11(6-8(13)10(2)3)7(12)5-9(14)15/h4-6H2,1-3H3,(H,14,15). The molecule has 86 valence electrons. The van der Waals surface area contributed by atoms with E-state index in [1.54, 1.807) is 21.0 Å². The van der Waals surface area contributed by atoms with Crippen LogP contribution in [0.4, 0.5) is 0 Å². The van der Waals surface area contributed by atoms with E-state index in [4.69, 9.17) is 5.11 Å². The Kier molecular flexibility index (Phi) is 5.36. The molecule has 0 radical (unpaired) electrons. The molecule has 0 aromatic heterocycles. The lowest BCUT2D eigenvalue weighted by Crippen LogP contribution is -2.40. The molecule has 0 unspecified atom stereocenters. The lowest BCUT2D eigenvalue weighted by Gasteiger charge is -2.21. The van der Waals surface area contributed by atoms with Gasteiger partial charge in [-0.2, -0.15) is 0 Å². The van der Waals surface area contributed by atoms with Crippen LogP contribution in [0.3, 0.4) is 0 Å². The molecule has 6 nitrogen and oxygen atoms in total. The zero-order chi connectivity index (χ0) is 12.0. The summed E-state index contributed by atoms with van der Waals surface area (Å²) in [7, 11) is 3.16. The Morgan fingerprint density at radius 3 is 2.00 bits per heavy atom. The Bertz CT molecular complexity index is 263. The Labute approximate surface area is 88.5 Å². The van der Waals surface area contributed by atoms with Gasteiger partial charge in [0.15, 0.2) is 0 Å². The van der Waals surface area contributed by atoms with Crippen LogP contribution in [0.2, 0.25) is 0 Å². The van der Waals surface area contributed by atoms with Crippen LogP contribution in [0.1, 0.15) is 13.3 Å². The third kappa shape index (κ3) is 4.99. The minimum atomic E-state index is -1.18. The van der Waals surface area contributed by atoms with Gasteiger partial charge < -0.3 is 14.9 Å². The molecule has 6 heteroatoms. The number of carboxylic acids is 1. The van der Waals surface area contributed by atoms with Crippen LogP contribution < -0.4 is 0 Å². The summed E-state index contributed by atoms with van der Waals surface area (Å²) in [5, 5.41) is 8.43. The van der Waals surface area contributed by atoms with Crippen molar-refractivity contribution in [1.29, 1.82) is 0 Å². The lowest BCUT2D eigenvalue weighted by atomic mass is 10.3. The molecule has 0 bridgehead atoms. The molecule has 0 aliphatic carbocycles. The molecule has 0 saturated carbocycles. The lowest BCUT2D eigenvalue weighted by molar-refractivity contribution is -0.146. The highest BCUT2D eigenvalue weighted by Crippen LogP contribution is 1.95. The third-order valence-corrected chi connectivity index (χ3v) is 1.86. The number of rotatable bonds is 5. The number of hydrogen-bond acceptors (Lipinski definition) is 3. The maximum Gasteiger partial charge on any atom is 0.312 e. The number of carboxylic acid groups (broad SMARTS) is 1. The SMILES string of the molecule is CCN(CC(=O)N(C)C)C(=O)CC(=O)O. The predicted molar refractivity (Wildman–Crippen MR) is 53.2 cm³/mol. The van der Waals surface area contributed by atoms with E-state index < -0.39 is 18.3 Å². The molecule has 0 aromatic rings. The Hall–Kier alpha value is -1.59. The van der Waals surface area contributed by atoms with Crippen molar-refractivity contribution in [3.05, 3.63) is 0 Å². The van der Waals surface area contributed by atoms with Gasteiger partial charge in [0.25, 0.3) is 0 Å². The first-order chi connectivity index (χ1) is 6.88. The van der Waals surface area contributed by atoms with Gasteiger partial charge in [0, 0.05) is 20.6 Å². The van der Waals surface area contributed by atoms with E-state index in [0.29, 0.717) is 6.54 Å². The topological polar surface area (TPSA) is 77.9 Å². The number of hydrogen-bond donors (Lipinski definition) is 1. The van der Waals surface area contributed by atoms with Gasteiger partial charge in [-0.15, -0.1) is 0 Å². The summed E-state index contributed by atoms with van der Waals surface area (Å²) in [5.41, 5.74) is 0. The highest BCUT2D eigenvalue weighted by molar-refractivity contribution is 5.95. The molecule has 0 heterocycles. The number of carbonyl (C=O) groups excluding carboxylic acids is 2. The smallest absolute Gasteiger partial charge is 0.312 e. The zero-order valence-corrected chi connectivity index (χ0v) is 9.19. The van der Waals surface area contributed by atoms with Crippen LogP contribution in [-0.4, -0.2) is 59.9 Å². The van der Waals surface area contributed by atoms with Gasteiger partial charge in [-0.1, -0.05) is 0 Å². The van der Waals surface area contributed by atoms with Crippen molar-refractivity contribution in [2.75, 3.05) is 27.2 Å². The molecule has 1 N–H and O–H groups in total. The normalized spacial score (nSPS) is 9.53. The Morgan fingerprint density at radius 1 is 1.13 bits per heavy atom. The van der Waals surface area contributed by atoms with Crippen molar-refractivity contribution >= 4 is 17.8 Å². The fraction of sp³-hybridized carbons (Fsp3) is 0.667. The van der Waals surface area contributed by atoms with Crippen molar-refractivity contribution in [2.45, 2.75) is 13.3 Å². The average Bonchev–Trinajstić information content (AvgIpc) is 2.11. The van der Waals surface area contributed by atoms with Crippen LogP contribution in [0.25, 0.3) is 0 Å². The van der Waals surface area contributed by atoms with Crippen molar-refractivity contribution in [3.63, 3.8) is 0 Å². The van der Waals surface area contributed by atoms with Crippen LogP contribution in [0.5, 0.6) is 0 Å². The molecule has 0 aliphatic heterocycles. The maximum atomic E-state index is 11.3. The van der Waals surface area contributed by atoms with Gasteiger partial charge in [-0.25, -0.2) is 0 Å². The van der Waals surface area contributed by atoms with Crippen molar-refractivity contribution in [3.8, 4) is 0 Å². The third-order valence-electron chi connectivity index (χ3n) is 1.86. The average molecular weight is 216 g/mol. The number of nitrogens with zero attached hydrogens (tertiary/aromatic N) is 2. The van der Waals surface area contributed by atoms with Gasteiger partial charge >= 0.3 is 5.97 Å². The molecule has 0 aromatic carbocycles. The molecule has 0 saturated heterocycles. The Morgan fingerprint density at radius 2 is 1.67 bits per heavy atom. The summed E-state index contributed by atoms with van der Waals surface area (Å²) in [6, 6.07) is 0. The van der Waals surface area contributed by atoms with Crippen molar-refractivity contribution < 1.29 is 19.5 Å². The summed E-state index contributed by atoms with van der Waals surface area (Å²) in [5.74, 6) is -1.95. The van der Waals surface area contributed by atoms with E-state index in [1.807, 2.05) is 0 Å². The first-order valence-electron chi connectivity index (χ1n) is 4.58. The number of likely N-dealkylation sites (N-methyl/N-ethyl adjacent to an activating group) is 2. The van der Waals surface area contributed by atoms with Crippen LogP contribution in [0, 0.1) is 0 Å². The number of carbonyl (C=O) groups is 3. The molecule has 0 aliphatic rings. The summed E-state index contributed by atoms with van der Waals surface area (Å²) in [4.78, 5) is 35.5. The molecule has 2 amide bonds. The van der Waals surface area contributed by atoms with Crippen molar-refractivity contribution in [2.24, 2.45) is 0 Å². The molecule has 15 heavy (non-hydrogen) atoms. The van der Waals surface area contributed by atoms with Gasteiger partial charge in [0.05, 0.1) is 6.54 Å². The number of aliphatic carboxylic acids is 1. The maximum absolute atomic E-state index is 11.3. The first kappa shape index (κ1) is 13.4. The summed E-state index contributed by atoms with van der Waals surface area (Å²) >= 11 is 0. The van der Waals surface area contributed by atoms with Crippen molar-refractivity contribution in [1.82, 2.24) is 9.80 Å². The molecule has 0 rings (SSSR count). The van der Waals surface area contributed by atoms with Gasteiger partial charge in [-0.3, -0.25) is 14.4 Å². The molecule has 0 fully saturated rings. The van der Waals surface area contributed by atoms with Gasteiger partial charge in [-0.05, 0) is 6.92 Å². The largest absolute Gasteiger partial charge is 0.481 e. The highest BCUT2D eigenvalue weighted by atomic mass is 16.4. The van der Waals surface area contributed by atoms with E-state index in [1.165, 1.54) is 9.80 Å². The van der Waals surface area contributed by atoms with Gasteiger partial charge in [0.1, 0.15) is 6.42 Å². The fourth-order valence-electron chi connectivity index (χ4n) is 0.922. The van der Waals surface area contributed by atoms with E-state index in [0.717, 1.165) is 0 Å². The number of amides is 2. The minimum absolute atomic E-state index is 0.0738. The second kappa shape index (κ2) is 6.00. The van der Waals surface area contributed by atoms with Crippen LogP contribution in [0.15, 0.2) is 0 Å².